The fourth-order valence-electron chi connectivity index (χ4n) is 5.24. The summed E-state index contributed by atoms with van der Waals surface area (Å²) >= 11 is 1.67. The molecule has 2 aliphatic carbocycles. The number of benzene rings is 1. The number of hydrogen-bond donors (Lipinski definition) is 2. The van der Waals surface area contributed by atoms with E-state index in [0.29, 0.717) is 12.6 Å². The molecule has 5 rings (SSSR count). The first-order chi connectivity index (χ1) is 15.2. The lowest BCUT2D eigenvalue weighted by Crippen LogP contribution is -2.25. The molecule has 2 aliphatic rings. The number of aromatic nitrogens is 4. The van der Waals surface area contributed by atoms with Crippen molar-refractivity contribution in [2.75, 3.05) is 12.8 Å². The van der Waals surface area contributed by atoms with Crippen LogP contribution in [0.15, 0.2) is 23.4 Å². The molecule has 6 nitrogen and oxygen atoms in total. The van der Waals surface area contributed by atoms with Crippen molar-refractivity contribution in [2.45, 2.75) is 75.4 Å². The number of aryl methyl sites for hydroxylation is 3. The minimum absolute atomic E-state index is 0.00900. The summed E-state index contributed by atoms with van der Waals surface area (Å²) in [5, 5.41) is 14.2. The molecular weight excluding hydrogens is 406 g/mol. The fourth-order valence-corrected chi connectivity index (χ4v) is 5.82. The van der Waals surface area contributed by atoms with Crippen LogP contribution in [0, 0.1) is 0 Å². The maximum atomic E-state index is 12.8. The highest BCUT2D eigenvalue weighted by Crippen LogP contribution is 2.33. The predicted molar refractivity (Wildman–Crippen MR) is 125 cm³/mol. The Labute approximate surface area is 187 Å². The number of carbonyl (C=O) groups is 1. The lowest BCUT2D eigenvalue weighted by molar-refractivity contribution is 0.0953. The quantitative estimate of drug-likeness (QED) is 0.410. The van der Waals surface area contributed by atoms with Crippen LogP contribution in [0.5, 0.6) is 0 Å². The van der Waals surface area contributed by atoms with Crippen LogP contribution in [0.25, 0.3) is 10.9 Å². The van der Waals surface area contributed by atoms with Gasteiger partial charge in [-0.25, -0.2) is 0 Å². The fraction of sp³-hybridized carbons (Fsp3) is 0.542. The van der Waals surface area contributed by atoms with E-state index >= 15 is 0 Å². The van der Waals surface area contributed by atoms with Gasteiger partial charge in [-0.2, -0.15) is 0 Å². The summed E-state index contributed by atoms with van der Waals surface area (Å²) < 4.78 is 2.35. The monoisotopic (exact) mass is 437 g/mol. The number of nitrogens with zero attached hydrogens (tertiary/aromatic N) is 3. The second kappa shape index (κ2) is 9.07. The molecule has 2 aromatic heterocycles. The van der Waals surface area contributed by atoms with Crippen LogP contribution in [0.4, 0.5) is 0 Å². The predicted octanol–water partition coefficient (Wildman–Crippen LogP) is 4.84. The molecule has 3 aromatic rings. The van der Waals surface area contributed by atoms with Crippen molar-refractivity contribution in [3.05, 3.63) is 40.8 Å². The van der Waals surface area contributed by atoms with E-state index in [0.717, 1.165) is 47.7 Å². The highest BCUT2D eigenvalue weighted by atomic mass is 32.2. The Balaban J connectivity index is 1.20. The molecule has 0 radical (unpaired) electrons. The molecular formula is C24H31N5OS. The largest absolute Gasteiger partial charge is 0.358 e. The number of rotatable bonds is 7. The molecule has 0 saturated heterocycles. The summed E-state index contributed by atoms with van der Waals surface area (Å²) in [5.41, 5.74) is 4.67. The zero-order chi connectivity index (χ0) is 21.2. The number of amides is 1. The molecule has 31 heavy (non-hydrogen) atoms. The van der Waals surface area contributed by atoms with E-state index in [-0.39, 0.29) is 5.91 Å². The normalized spacial score (nSPS) is 16.7. The maximum Gasteiger partial charge on any atom is 0.251 e. The van der Waals surface area contributed by atoms with E-state index in [1.807, 2.05) is 6.07 Å². The smallest absolute Gasteiger partial charge is 0.251 e. The van der Waals surface area contributed by atoms with Crippen molar-refractivity contribution in [2.24, 2.45) is 0 Å². The standard InChI is InChI=1S/C24H31N5OS/c1-31-24-28-27-22(29(24)17-7-2-3-8-17)11-6-14-25-23(30)16-12-13-21-19(15-16)18-9-4-5-10-20(18)26-21/h12-13,15,17,26H,2-11,14H2,1H3,(H,25,30). The molecule has 164 valence electrons. The van der Waals surface area contributed by atoms with E-state index in [1.54, 1.807) is 11.8 Å². The first-order valence-electron chi connectivity index (χ1n) is 11.6. The molecule has 1 fully saturated rings. The van der Waals surface area contributed by atoms with Crippen LogP contribution in [-0.4, -0.2) is 38.5 Å². The van der Waals surface area contributed by atoms with Crippen molar-refractivity contribution in [3.63, 3.8) is 0 Å². The van der Waals surface area contributed by atoms with Crippen molar-refractivity contribution in [1.82, 2.24) is 25.1 Å². The summed E-state index contributed by atoms with van der Waals surface area (Å²) in [6.07, 6.45) is 13.5. The highest BCUT2D eigenvalue weighted by molar-refractivity contribution is 7.98. The summed E-state index contributed by atoms with van der Waals surface area (Å²) in [6.45, 7) is 0.647. The van der Waals surface area contributed by atoms with E-state index in [4.69, 9.17) is 0 Å². The molecule has 0 aliphatic heterocycles. The Morgan fingerprint density at radius 2 is 2.03 bits per heavy atom. The number of hydrogen-bond acceptors (Lipinski definition) is 4. The molecule has 1 aromatic carbocycles. The average Bonchev–Trinajstić information content (AvgIpc) is 3.53. The van der Waals surface area contributed by atoms with Crippen LogP contribution in [0.2, 0.25) is 0 Å². The first-order valence-corrected chi connectivity index (χ1v) is 12.9. The summed E-state index contributed by atoms with van der Waals surface area (Å²) in [4.78, 5) is 16.3. The van der Waals surface area contributed by atoms with Crippen molar-refractivity contribution in [3.8, 4) is 0 Å². The highest BCUT2D eigenvalue weighted by Gasteiger charge is 2.23. The summed E-state index contributed by atoms with van der Waals surface area (Å²) in [6, 6.07) is 6.59. The molecule has 2 N–H and O–H groups in total. The Hall–Kier alpha value is -2.28. The average molecular weight is 438 g/mol. The summed E-state index contributed by atoms with van der Waals surface area (Å²) in [5.74, 6) is 1.07. The van der Waals surface area contributed by atoms with Crippen LogP contribution < -0.4 is 5.32 Å². The molecule has 0 unspecified atom stereocenters. The van der Waals surface area contributed by atoms with Crippen molar-refractivity contribution >= 4 is 28.6 Å². The second-order valence-electron chi connectivity index (χ2n) is 8.82. The molecule has 1 amide bonds. The van der Waals surface area contributed by atoms with Gasteiger partial charge in [0.1, 0.15) is 5.82 Å². The minimum Gasteiger partial charge on any atom is -0.358 e. The SMILES string of the molecule is CSc1nnc(CCCNC(=O)c2ccc3[nH]c4c(c3c2)CCCC4)n1C1CCCC1. The third kappa shape index (κ3) is 4.12. The van der Waals surface area contributed by atoms with Crippen LogP contribution in [0.1, 0.15) is 78.4 Å². The molecule has 0 spiro atoms. The zero-order valence-electron chi connectivity index (χ0n) is 18.2. The first kappa shape index (κ1) is 20.6. The van der Waals surface area contributed by atoms with Gasteiger partial charge in [0.25, 0.3) is 5.91 Å². The number of carbonyl (C=O) groups excluding carboxylic acids is 1. The third-order valence-electron chi connectivity index (χ3n) is 6.83. The van der Waals surface area contributed by atoms with Gasteiger partial charge in [0.05, 0.1) is 0 Å². The summed E-state index contributed by atoms with van der Waals surface area (Å²) in [7, 11) is 0. The lowest BCUT2D eigenvalue weighted by Gasteiger charge is -2.16. The molecule has 2 heterocycles. The third-order valence-corrected chi connectivity index (χ3v) is 7.47. The topological polar surface area (TPSA) is 75.6 Å². The zero-order valence-corrected chi connectivity index (χ0v) is 19.1. The minimum atomic E-state index is 0.00900. The number of thioether (sulfide) groups is 1. The van der Waals surface area contributed by atoms with Gasteiger partial charge >= 0.3 is 0 Å². The van der Waals surface area contributed by atoms with Gasteiger partial charge in [0.2, 0.25) is 0 Å². The Kier molecular flexibility index (Phi) is 6.03. The molecule has 0 bridgehead atoms. The number of fused-ring (bicyclic) bond motifs is 3. The Morgan fingerprint density at radius 1 is 1.19 bits per heavy atom. The van der Waals surface area contributed by atoms with Crippen LogP contribution in [-0.2, 0) is 19.3 Å². The van der Waals surface area contributed by atoms with E-state index in [1.165, 1.54) is 55.2 Å². The van der Waals surface area contributed by atoms with Crippen molar-refractivity contribution < 1.29 is 4.79 Å². The van der Waals surface area contributed by atoms with Gasteiger partial charge in [-0.3, -0.25) is 4.79 Å². The molecule has 7 heteroatoms. The Bertz CT molecular complexity index is 1080. The van der Waals surface area contributed by atoms with E-state index in [2.05, 4.69) is 43.5 Å². The van der Waals surface area contributed by atoms with Gasteiger partial charge in [-0.1, -0.05) is 24.6 Å². The van der Waals surface area contributed by atoms with Gasteiger partial charge < -0.3 is 14.9 Å². The lowest BCUT2D eigenvalue weighted by atomic mass is 9.95. The van der Waals surface area contributed by atoms with E-state index in [9.17, 15) is 4.79 Å². The number of H-pyrrole nitrogens is 1. The number of aromatic amines is 1. The van der Waals surface area contributed by atoms with Gasteiger partial charge in [-0.15, -0.1) is 10.2 Å². The van der Waals surface area contributed by atoms with Crippen LogP contribution in [0.3, 0.4) is 0 Å². The van der Waals surface area contributed by atoms with Crippen LogP contribution >= 0.6 is 11.8 Å². The molecule has 1 saturated carbocycles. The van der Waals surface area contributed by atoms with E-state index < -0.39 is 0 Å². The maximum absolute atomic E-state index is 12.8. The second-order valence-corrected chi connectivity index (χ2v) is 9.59. The number of nitrogens with one attached hydrogen (secondary N) is 2. The molecule has 0 atom stereocenters. The van der Waals surface area contributed by atoms with Gasteiger partial charge in [0, 0.05) is 41.2 Å². The van der Waals surface area contributed by atoms with Crippen molar-refractivity contribution in [1.29, 1.82) is 0 Å². The van der Waals surface area contributed by atoms with Gasteiger partial charge in [0.15, 0.2) is 5.16 Å². The van der Waals surface area contributed by atoms with Gasteiger partial charge in [-0.05, 0) is 75.0 Å². The Morgan fingerprint density at radius 3 is 2.87 bits per heavy atom.